The summed E-state index contributed by atoms with van der Waals surface area (Å²) < 4.78 is 0. The quantitative estimate of drug-likeness (QED) is 0.844. The summed E-state index contributed by atoms with van der Waals surface area (Å²) in [4.78, 5) is 14.6. The maximum atomic E-state index is 11.7. The number of benzene rings is 1. The van der Waals surface area contributed by atoms with Crippen molar-refractivity contribution in [2.75, 3.05) is 0 Å². The molecule has 0 aliphatic carbocycles. The number of aryl methyl sites for hydroxylation is 1. The van der Waals surface area contributed by atoms with Crippen molar-refractivity contribution >= 4 is 0 Å². The van der Waals surface area contributed by atoms with Crippen LogP contribution in [-0.4, -0.2) is 4.98 Å². The lowest BCUT2D eigenvalue weighted by Crippen LogP contribution is -2.18. The summed E-state index contributed by atoms with van der Waals surface area (Å²) in [7, 11) is 0. The van der Waals surface area contributed by atoms with Gasteiger partial charge in [0.15, 0.2) is 0 Å². The second-order valence-corrected chi connectivity index (χ2v) is 3.94. The van der Waals surface area contributed by atoms with E-state index in [0.717, 1.165) is 23.2 Å². The van der Waals surface area contributed by atoms with Gasteiger partial charge in [-0.25, -0.2) is 0 Å². The number of nitrogens with one attached hydrogen (secondary N) is 1. The van der Waals surface area contributed by atoms with Crippen molar-refractivity contribution in [3.63, 3.8) is 0 Å². The predicted octanol–water partition coefficient (Wildman–Crippen LogP) is 2.06. The minimum Gasteiger partial charge on any atom is -0.326 e. The van der Waals surface area contributed by atoms with Gasteiger partial charge in [-0.1, -0.05) is 37.3 Å². The fourth-order valence-electron chi connectivity index (χ4n) is 1.92. The highest BCUT2D eigenvalue weighted by Crippen LogP contribution is 2.22. The Morgan fingerprint density at radius 1 is 1.24 bits per heavy atom. The number of hydrogen-bond acceptors (Lipinski definition) is 2. The fourth-order valence-corrected chi connectivity index (χ4v) is 1.92. The van der Waals surface area contributed by atoms with E-state index in [1.54, 1.807) is 0 Å². The van der Waals surface area contributed by atoms with Gasteiger partial charge in [-0.3, -0.25) is 4.79 Å². The van der Waals surface area contributed by atoms with Gasteiger partial charge in [0.25, 0.3) is 5.56 Å². The molecule has 0 aliphatic rings. The van der Waals surface area contributed by atoms with Gasteiger partial charge in [0.1, 0.15) is 0 Å². The third-order valence-electron chi connectivity index (χ3n) is 2.86. The smallest absolute Gasteiger partial charge is 0.252 e. The number of pyridine rings is 1. The van der Waals surface area contributed by atoms with E-state index in [1.807, 2.05) is 43.3 Å². The van der Waals surface area contributed by atoms with Crippen molar-refractivity contribution in [2.45, 2.75) is 19.9 Å². The zero-order valence-electron chi connectivity index (χ0n) is 9.86. The second kappa shape index (κ2) is 4.97. The van der Waals surface area contributed by atoms with E-state index < -0.39 is 0 Å². The van der Waals surface area contributed by atoms with E-state index in [4.69, 9.17) is 5.73 Å². The molecule has 3 heteroatoms. The van der Waals surface area contributed by atoms with Gasteiger partial charge in [0.05, 0.1) is 0 Å². The van der Waals surface area contributed by atoms with Crippen LogP contribution in [0.1, 0.15) is 18.2 Å². The van der Waals surface area contributed by atoms with E-state index >= 15 is 0 Å². The van der Waals surface area contributed by atoms with Crippen molar-refractivity contribution in [2.24, 2.45) is 5.73 Å². The summed E-state index contributed by atoms with van der Waals surface area (Å²) in [5.74, 6) is 0. The van der Waals surface area contributed by atoms with Crippen LogP contribution >= 0.6 is 0 Å². The van der Waals surface area contributed by atoms with Gasteiger partial charge in [0, 0.05) is 23.4 Å². The lowest BCUT2D eigenvalue weighted by Gasteiger charge is -2.09. The first-order valence-corrected chi connectivity index (χ1v) is 5.76. The largest absolute Gasteiger partial charge is 0.326 e. The molecular weight excluding hydrogens is 212 g/mol. The van der Waals surface area contributed by atoms with Gasteiger partial charge in [-0.05, 0) is 18.1 Å². The van der Waals surface area contributed by atoms with E-state index in [2.05, 4.69) is 4.98 Å². The molecule has 2 aromatic rings. The molecule has 88 valence electrons. The maximum absolute atomic E-state index is 11.7. The SMILES string of the molecule is CCc1[nH]c(=O)c(CN)cc1-c1ccccc1. The molecule has 0 amide bonds. The first-order chi connectivity index (χ1) is 8.26. The summed E-state index contributed by atoms with van der Waals surface area (Å²) in [6.07, 6.45) is 0.796. The molecule has 0 bridgehead atoms. The van der Waals surface area contributed by atoms with Gasteiger partial charge < -0.3 is 10.7 Å². The van der Waals surface area contributed by atoms with Crippen LogP contribution in [0.15, 0.2) is 41.2 Å². The Labute approximate surface area is 100 Å². The summed E-state index contributed by atoms with van der Waals surface area (Å²) in [5.41, 5.74) is 9.24. The van der Waals surface area contributed by atoms with Crippen molar-refractivity contribution < 1.29 is 0 Å². The Morgan fingerprint density at radius 3 is 2.53 bits per heavy atom. The van der Waals surface area contributed by atoms with Crippen LogP contribution < -0.4 is 11.3 Å². The van der Waals surface area contributed by atoms with Gasteiger partial charge >= 0.3 is 0 Å². The normalized spacial score (nSPS) is 10.5. The minimum absolute atomic E-state index is 0.0796. The van der Waals surface area contributed by atoms with Gasteiger partial charge in [-0.2, -0.15) is 0 Å². The van der Waals surface area contributed by atoms with Gasteiger partial charge in [-0.15, -0.1) is 0 Å². The molecule has 0 fully saturated rings. The standard InChI is InChI=1S/C14H16N2O/c1-2-13-12(10-6-4-3-5-7-10)8-11(9-15)14(17)16-13/h3-8H,2,9,15H2,1H3,(H,16,17). The Hall–Kier alpha value is -1.87. The van der Waals surface area contributed by atoms with E-state index in [-0.39, 0.29) is 12.1 Å². The molecular formula is C14H16N2O. The first-order valence-electron chi connectivity index (χ1n) is 5.76. The highest BCUT2D eigenvalue weighted by atomic mass is 16.1. The Balaban J connectivity index is 2.64. The van der Waals surface area contributed by atoms with Gasteiger partial charge in [0.2, 0.25) is 0 Å². The number of aromatic nitrogens is 1. The lowest BCUT2D eigenvalue weighted by molar-refractivity contribution is 0.960. The number of hydrogen-bond donors (Lipinski definition) is 2. The van der Waals surface area contributed by atoms with Crippen molar-refractivity contribution in [1.82, 2.24) is 4.98 Å². The lowest BCUT2D eigenvalue weighted by atomic mass is 10.0. The number of rotatable bonds is 3. The van der Waals surface area contributed by atoms with Crippen LogP contribution in [0, 0.1) is 0 Å². The summed E-state index contributed by atoms with van der Waals surface area (Å²) in [6.45, 7) is 2.29. The monoisotopic (exact) mass is 228 g/mol. The number of nitrogens with two attached hydrogens (primary N) is 1. The Morgan fingerprint density at radius 2 is 1.94 bits per heavy atom. The summed E-state index contributed by atoms with van der Waals surface area (Å²) >= 11 is 0. The first kappa shape index (κ1) is 11.6. The summed E-state index contributed by atoms with van der Waals surface area (Å²) in [5, 5.41) is 0. The molecule has 3 N–H and O–H groups in total. The molecule has 0 saturated heterocycles. The average molecular weight is 228 g/mol. The molecule has 0 atom stereocenters. The topological polar surface area (TPSA) is 58.9 Å². The third-order valence-corrected chi connectivity index (χ3v) is 2.86. The third kappa shape index (κ3) is 2.29. The highest BCUT2D eigenvalue weighted by molar-refractivity contribution is 5.66. The van der Waals surface area contributed by atoms with Crippen molar-refractivity contribution in [1.29, 1.82) is 0 Å². The molecule has 17 heavy (non-hydrogen) atoms. The molecule has 0 spiro atoms. The number of aromatic amines is 1. The van der Waals surface area contributed by atoms with E-state index in [0.29, 0.717) is 5.56 Å². The zero-order chi connectivity index (χ0) is 12.3. The fraction of sp³-hybridized carbons (Fsp3) is 0.214. The molecule has 2 rings (SSSR count). The zero-order valence-corrected chi connectivity index (χ0v) is 9.86. The van der Waals surface area contributed by atoms with Crippen molar-refractivity contribution in [3.8, 4) is 11.1 Å². The van der Waals surface area contributed by atoms with Crippen LogP contribution in [0.25, 0.3) is 11.1 Å². The molecule has 0 unspecified atom stereocenters. The molecule has 1 aromatic heterocycles. The Kier molecular flexibility index (Phi) is 3.40. The second-order valence-electron chi connectivity index (χ2n) is 3.94. The maximum Gasteiger partial charge on any atom is 0.252 e. The van der Waals surface area contributed by atoms with Crippen LogP contribution in [0.3, 0.4) is 0 Å². The van der Waals surface area contributed by atoms with E-state index in [9.17, 15) is 4.79 Å². The molecule has 0 saturated carbocycles. The molecule has 0 aliphatic heterocycles. The highest BCUT2D eigenvalue weighted by Gasteiger charge is 2.07. The Bertz CT molecular complexity index is 558. The van der Waals surface area contributed by atoms with Crippen LogP contribution in [0.4, 0.5) is 0 Å². The van der Waals surface area contributed by atoms with Crippen LogP contribution in [0.5, 0.6) is 0 Å². The van der Waals surface area contributed by atoms with E-state index in [1.165, 1.54) is 0 Å². The van der Waals surface area contributed by atoms with Crippen molar-refractivity contribution in [3.05, 3.63) is 58.0 Å². The molecule has 0 radical (unpaired) electrons. The summed E-state index contributed by atoms with van der Waals surface area (Å²) in [6, 6.07) is 11.9. The number of H-pyrrole nitrogens is 1. The average Bonchev–Trinajstić information content (AvgIpc) is 2.39. The van der Waals surface area contributed by atoms with Crippen LogP contribution in [-0.2, 0) is 13.0 Å². The molecule has 1 aromatic carbocycles. The van der Waals surface area contributed by atoms with Crippen LogP contribution in [0.2, 0.25) is 0 Å². The predicted molar refractivity (Wildman–Crippen MR) is 69.8 cm³/mol. The molecule has 3 nitrogen and oxygen atoms in total. The minimum atomic E-state index is -0.0796. The molecule has 1 heterocycles.